The normalized spacial score (nSPS) is 11.6. The van der Waals surface area contributed by atoms with E-state index in [0.717, 1.165) is 53.2 Å². The van der Waals surface area contributed by atoms with Gasteiger partial charge in [-0.05, 0) is 60.4 Å². The molecular formula is C28H30N4O3S. The highest BCUT2D eigenvalue weighted by Gasteiger charge is 2.17. The molecule has 2 aromatic heterocycles. The maximum atomic E-state index is 12.4. The van der Waals surface area contributed by atoms with Gasteiger partial charge in [-0.3, -0.25) is 4.98 Å². The van der Waals surface area contributed by atoms with Crippen LogP contribution in [0.15, 0.2) is 85.2 Å². The van der Waals surface area contributed by atoms with Crippen LogP contribution < -0.4 is 0 Å². The predicted molar refractivity (Wildman–Crippen MR) is 141 cm³/mol. The number of aromatic hydroxyl groups is 1. The molecule has 8 heteroatoms. The summed E-state index contributed by atoms with van der Waals surface area (Å²) in [6, 6.07) is 22.6. The summed E-state index contributed by atoms with van der Waals surface area (Å²) in [4.78, 5) is 13.5. The van der Waals surface area contributed by atoms with Crippen LogP contribution in [-0.4, -0.2) is 45.6 Å². The number of rotatable bonds is 11. The van der Waals surface area contributed by atoms with Crippen molar-refractivity contribution in [2.24, 2.45) is 0 Å². The topological polar surface area (TPSA) is 96.3 Å². The number of nitrogens with zero attached hydrogens (tertiary/aromatic N) is 4. The zero-order valence-corrected chi connectivity index (χ0v) is 21.1. The second-order valence-electron chi connectivity index (χ2n) is 8.75. The van der Waals surface area contributed by atoms with E-state index < -0.39 is 10.0 Å². The molecule has 2 heterocycles. The van der Waals surface area contributed by atoms with Gasteiger partial charge in [0.25, 0.3) is 0 Å². The first kappa shape index (κ1) is 25.5. The van der Waals surface area contributed by atoms with Crippen molar-refractivity contribution in [2.45, 2.75) is 32.2 Å². The van der Waals surface area contributed by atoms with E-state index in [1.54, 1.807) is 24.5 Å². The van der Waals surface area contributed by atoms with Gasteiger partial charge in [-0.25, -0.2) is 18.4 Å². The summed E-state index contributed by atoms with van der Waals surface area (Å²) in [7, 11) is -3.39. The fraction of sp³-hybridized carbons (Fsp3) is 0.250. The number of aromatic nitrogens is 3. The lowest BCUT2D eigenvalue weighted by atomic mass is 10.1. The van der Waals surface area contributed by atoms with E-state index in [0.29, 0.717) is 13.0 Å². The molecule has 186 valence electrons. The molecule has 0 aliphatic rings. The zero-order chi connectivity index (χ0) is 25.4. The van der Waals surface area contributed by atoms with Crippen molar-refractivity contribution in [1.82, 2.24) is 19.3 Å². The molecule has 4 rings (SSSR count). The van der Waals surface area contributed by atoms with Crippen molar-refractivity contribution in [3.8, 4) is 17.0 Å². The number of pyridine rings is 1. The van der Waals surface area contributed by atoms with Crippen molar-refractivity contribution >= 4 is 10.0 Å². The fourth-order valence-corrected chi connectivity index (χ4v) is 4.78. The molecule has 0 amide bonds. The van der Waals surface area contributed by atoms with Crippen LogP contribution in [-0.2, 0) is 35.8 Å². The van der Waals surface area contributed by atoms with Crippen LogP contribution in [0.2, 0.25) is 0 Å². The van der Waals surface area contributed by atoms with Crippen LogP contribution in [0.3, 0.4) is 0 Å². The molecule has 0 aliphatic heterocycles. The first-order valence-corrected chi connectivity index (χ1v) is 13.8. The lowest BCUT2D eigenvalue weighted by Crippen LogP contribution is -2.31. The minimum atomic E-state index is -3.39. The van der Waals surface area contributed by atoms with Gasteiger partial charge < -0.3 is 5.11 Å². The largest absolute Gasteiger partial charge is 0.508 e. The maximum Gasteiger partial charge on any atom is 0.211 e. The van der Waals surface area contributed by atoms with Crippen LogP contribution in [0.1, 0.15) is 29.1 Å². The molecule has 0 saturated carbocycles. The van der Waals surface area contributed by atoms with E-state index in [-0.39, 0.29) is 12.3 Å². The second kappa shape index (κ2) is 11.9. The van der Waals surface area contributed by atoms with Gasteiger partial charge in [0, 0.05) is 49.6 Å². The van der Waals surface area contributed by atoms with Gasteiger partial charge in [0.05, 0.1) is 11.9 Å². The van der Waals surface area contributed by atoms with Gasteiger partial charge in [0.1, 0.15) is 11.6 Å². The number of hydrogen-bond acceptors (Lipinski definition) is 6. The number of phenolic OH excluding ortho intramolecular Hbond substituents is 1. The summed E-state index contributed by atoms with van der Waals surface area (Å²) in [5.41, 5.74) is 4.65. The average Bonchev–Trinajstić information content (AvgIpc) is 2.88. The Balaban J connectivity index is 1.42. The monoisotopic (exact) mass is 502 g/mol. The molecule has 0 atom stereocenters. The third kappa shape index (κ3) is 7.44. The molecular weight excluding hydrogens is 472 g/mol. The zero-order valence-electron chi connectivity index (χ0n) is 20.3. The minimum Gasteiger partial charge on any atom is -0.508 e. The quantitative estimate of drug-likeness (QED) is 0.326. The summed E-state index contributed by atoms with van der Waals surface area (Å²) in [6.07, 6.45) is 7.78. The third-order valence-corrected chi connectivity index (χ3v) is 7.15. The molecule has 2 aromatic carbocycles. The summed E-state index contributed by atoms with van der Waals surface area (Å²) in [5, 5.41) is 9.43. The standard InChI is InChI=1S/C28H30N4O3S/c1-36(34,35)32(19-16-25-9-2-3-17-29-25)21-23-7-4-8-24(20-23)27-15-18-30-28(31-27)10-5-6-22-11-13-26(33)14-12-22/h2-4,7-9,11-15,17-18,20,33H,5-6,10,16,19,21H2,1H3. The molecule has 0 fully saturated rings. The minimum absolute atomic E-state index is 0.268. The van der Waals surface area contributed by atoms with Gasteiger partial charge in [0.15, 0.2) is 0 Å². The number of benzene rings is 2. The van der Waals surface area contributed by atoms with Gasteiger partial charge in [-0.2, -0.15) is 4.31 Å². The van der Waals surface area contributed by atoms with E-state index in [2.05, 4.69) is 9.97 Å². The number of aryl methyl sites for hydroxylation is 2. The lowest BCUT2D eigenvalue weighted by Gasteiger charge is -2.20. The summed E-state index contributed by atoms with van der Waals surface area (Å²) in [6.45, 7) is 0.642. The highest BCUT2D eigenvalue weighted by Crippen LogP contribution is 2.20. The summed E-state index contributed by atoms with van der Waals surface area (Å²) < 4.78 is 26.4. The smallest absolute Gasteiger partial charge is 0.211 e. The number of sulfonamides is 1. The van der Waals surface area contributed by atoms with E-state index in [9.17, 15) is 13.5 Å². The van der Waals surface area contributed by atoms with Crippen molar-refractivity contribution < 1.29 is 13.5 Å². The Hall–Kier alpha value is -3.62. The molecule has 0 unspecified atom stereocenters. The molecule has 0 spiro atoms. The third-order valence-electron chi connectivity index (χ3n) is 5.90. The first-order valence-electron chi connectivity index (χ1n) is 11.9. The first-order chi connectivity index (χ1) is 17.4. The molecule has 7 nitrogen and oxygen atoms in total. The molecule has 0 aliphatic carbocycles. The highest BCUT2D eigenvalue weighted by atomic mass is 32.2. The Morgan fingerprint density at radius 2 is 1.67 bits per heavy atom. The van der Waals surface area contributed by atoms with Crippen LogP contribution in [0.25, 0.3) is 11.3 Å². The van der Waals surface area contributed by atoms with Gasteiger partial charge >= 0.3 is 0 Å². The van der Waals surface area contributed by atoms with Gasteiger partial charge in [-0.15, -0.1) is 0 Å². The van der Waals surface area contributed by atoms with Gasteiger partial charge in [-0.1, -0.05) is 36.4 Å². The molecule has 0 saturated heterocycles. The Morgan fingerprint density at radius 1 is 0.833 bits per heavy atom. The number of phenols is 1. The lowest BCUT2D eigenvalue weighted by molar-refractivity contribution is 0.412. The van der Waals surface area contributed by atoms with Crippen molar-refractivity contribution in [1.29, 1.82) is 0 Å². The molecule has 0 bridgehead atoms. The Morgan fingerprint density at radius 3 is 2.42 bits per heavy atom. The van der Waals surface area contributed by atoms with Crippen LogP contribution in [0.4, 0.5) is 0 Å². The predicted octanol–water partition coefficient (Wildman–Crippen LogP) is 4.42. The van der Waals surface area contributed by atoms with Gasteiger partial charge in [0.2, 0.25) is 10.0 Å². The molecule has 36 heavy (non-hydrogen) atoms. The van der Waals surface area contributed by atoms with Crippen LogP contribution >= 0.6 is 0 Å². The number of hydrogen-bond donors (Lipinski definition) is 1. The molecule has 0 radical (unpaired) electrons. The van der Waals surface area contributed by atoms with Crippen molar-refractivity contribution in [2.75, 3.05) is 12.8 Å². The van der Waals surface area contributed by atoms with Crippen molar-refractivity contribution in [3.05, 3.63) is 108 Å². The van der Waals surface area contributed by atoms with Crippen LogP contribution in [0, 0.1) is 0 Å². The van der Waals surface area contributed by atoms with E-state index in [1.807, 2.05) is 60.7 Å². The SMILES string of the molecule is CS(=O)(=O)N(CCc1ccccn1)Cc1cccc(-c2ccnc(CCCc3ccc(O)cc3)n2)c1. The Labute approximate surface area is 212 Å². The molecule has 1 N–H and O–H groups in total. The van der Waals surface area contributed by atoms with E-state index in [1.165, 1.54) is 10.6 Å². The van der Waals surface area contributed by atoms with Crippen molar-refractivity contribution in [3.63, 3.8) is 0 Å². The van der Waals surface area contributed by atoms with E-state index >= 15 is 0 Å². The summed E-state index contributed by atoms with van der Waals surface area (Å²) in [5.74, 6) is 1.04. The maximum absolute atomic E-state index is 12.4. The fourth-order valence-electron chi connectivity index (χ4n) is 3.97. The Bertz CT molecular complexity index is 1380. The summed E-state index contributed by atoms with van der Waals surface area (Å²) >= 11 is 0. The highest BCUT2D eigenvalue weighted by molar-refractivity contribution is 7.88. The van der Waals surface area contributed by atoms with Crippen LogP contribution in [0.5, 0.6) is 5.75 Å². The average molecular weight is 503 g/mol. The van der Waals surface area contributed by atoms with E-state index in [4.69, 9.17) is 4.98 Å². The molecule has 4 aromatic rings. The Kier molecular flexibility index (Phi) is 8.40. The second-order valence-corrected chi connectivity index (χ2v) is 10.7.